The van der Waals surface area contributed by atoms with Crippen molar-refractivity contribution in [2.75, 3.05) is 17.6 Å². The minimum atomic E-state index is -3.38. The molecule has 0 aromatic carbocycles. The summed E-state index contributed by atoms with van der Waals surface area (Å²) in [6.07, 6.45) is 5.25. The first kappa shape index (κ1) is 16.9. The summed E-state index contributed by atoms with van der Waals surface area (Å²) in [5.41, 5.74) is 0. The molecule has 0 spiro atoms. The summed E-state index contributed by atoms with van der Waals surface area (Å²) in [6.45, 7) is 2.38. The van der Waals surface area contributed by atoms with Crippen molar-refractivity contribution < 1.29 is 13.2 Å². The number of nitrogens with zero attached hydrogens (tertiary/aromatic N) is 2. The third-order valence-electron chi connectivity index (χ3n) is 3.79. The lowest BCUT2D eigenvalue weighted by molar-refractivity contribution is -0.120. The molecule has 1 fully saturated rings. The molecular formula is C15H23N3O3S. The van der Waals surface area contributed by atoms with Crippen LogP contribution in [0.15, 0.2) is 24.4 Å². The molecule has 0 saturated carbocycles. The van der Waals surface area contributed by atoms with E-state index in [9.17, 15) is 13.2 Å². The molecule has 0 bridgehead atoms. The third kappa shape index (κ3) is 4.27. The van der Waals surface area contributed by atoms with Gasteiger partial charge >= 0.3 is 0 Å². The van der Waals surface area contributed by atoms with Gasteiger partial charge in [0.15, 0.2) is 0 Å². The van der Waals surface area contributed by atoms with Gasteiger partial charge in [-0.05, 0) is 31.4 Å². The third-order valence-corrected chi connectivity index (χ3v) is 5.74. The lowest BCUT2D eigenvalue weighted by atomic mass is 10.0. The van der Waals surface area contributed by atoms with E-state index in [1.54, 1.807) is 24.4 Å². The molecule has 1 aromatic rings. The van der Waals surface area contributed by atoms with E-state index in [1.807, 2.05) is 6.92 Å². The summed E-state index contributed by atoms with van der Waals surface area (Å²) in [7, 11) is -3.38. The van der Waals surface area contributed by atoms with Crippen LogP contribution in [0.25, 0.3) is 0 Å². The van der Waals surface area contributed by atoms with E-state index in [1.165, 1.54) is 4.31 Å². The van der Waals surface area contributed by atoms with Crippen LogP contribution in [0.3, 0.4) is 0 Å². The molecular weight excluding hydrogens is 302 g/mol. The Morgan fingerprint density at radius 1 is 1.41 bits per heavy atom. The van der Waals surface area contributed by atoms with Crippen molar-refractivity contribution in [1.82, 2.24) is 9.29 Å². The Morgan fingerprint density at radius 3 is 2.91 bits per heavy atom. The highest BCUT2D eigenvalue weighted by atomic mass is 32.2. The largest absolute Gasteiger partial charge is 0.309 e. The van der Waals surface area contributed by atoms with Crippen molar-refractivity contribution >= 4 is 21.7 Å². The molecule has 0 aliphatic carbocycles. The van der Waals surface area contributed by atoms with Gasteiger partial charge in [-0.1, -0.05) is 25.8 Å². The number of anilines is 1. The number of hydrogen-bond donors (Lipinski definition) is 1. The van der Waals surface area contributed by atoms with Gasteiger partial charge in [0.05, 0.1) is 5.75 Å². The molecule has 1 saturated heterocycles. The number of hydrogen-bond acceptors (Lipinski definition) is 4. The zero-order valence-corrected chi connectivity index (χ0v) is 13.7. The van der Waals surface area contributed by atoms with Crippen LogP contribution in [0.1, 0.15) is 39.0 Å². The standard InChI is InChI=1S/C15H23N3O3S/c1-2-3-12-22(20,21)18-11-7-5-8-13(18)15(19)17-14-9-4-6-10-16-14/h4,6,9-10,13H,2-3,5,7-8,11-12H2,1H3,(H,16,17,19)/t13-/m1/s1. The topological polar surface area (TPSA) is 79.4 Å². The van der Waals surface area contributed by atoms with E-state index in [0.717, 1.165) is 19.3 Å². The van der Waals surface area contributed by atoms with Crippen LogP contribution in [-0.2, 0) is 14.8 Å². The van der Waals surface area contributed by atoms with E-state index in [0.29, 0.717) is 25.2 Å². The number of nitrogens with one attached hydrogen (secondary N) is 1. The van der Waals surface area contributed by atoms with Crippen LogP contribution in [0, 0.1) is 0 Å². The Bertz CT molecular complexity index is 589. The SMILES string of the molecule is CCCCS(=O)(=O)N1CCCC[C@@H]1C(=O)Nc1ccccn1. The molecule has 0 radical (unpaired) electrons. The summed E-state index contributed by atoms with van der Waals surface area (Å²) >= 11 is 0. The minimum Gasteiger partial charge on any atom is -0.309 e. The van der Waals surface area contributed by atoms with Crippen molar-refractivity contribution in [2.45, 2.75) is 45.1 Å². The van der Waals surface area contributed by atoms with Crippen LogP contribution < -0.4 is 5.32 Å². The maximum absolute atomic E-state index is 12.4. The number of sulfonamides is 1. The number of piperidine rings is 1. The van der Waals surface area contributed by atoms with E-state index < -0.39 is 16.1 Å². The number of pyridine rings is 1. The van der Waals surface area contributed by atoms with Crippen LogP contribution in [0.2, 0.25) is 0 Å². The fourth-order valence-electron chi connectivity index (χ4n) is 2.59. The quantitative estimate of drug-likeness (QED) is 0.867. The molecule has 6 nitrogen and oxygen atoms in total. The van der Waals surface area contributed by atoms with Gasteiger partial charge in [-0.2, -0.15) is 4.31 Å². The fraction of sp³-hybridized carbons (Fsp3) is 0.600. The lowest BCUT2D eigenvalue weighted by Gasteiger charge is -2.33. The first-order valence-corrected chi connectivity index (χ1v) is 9.37. The van der Waals surface area contributed by atoms with Gasteiger partial charge < -0.3 is 5.32 Å². The molecule has 2 rings (SSSR count). The van der Waals surface area contributed by atoms with Crippen molar-refractivity contribution in [2.24, 2.45) is 0 Å². The van der Waals surface area contributed by atoms with Crippen LogP contribution in [0.5, 0.6) is 0 Å². The zero-order valence-electron chi connectivity index (χ0n) is 12.9. The summed E-state index contributed by atoms with van der Waals surface area (Å²) < 4.78 is 26.3. The average Bonchev–Trinajstić information content (AvgIpc) is 2.54. The first-order chi connectivity index (χ1) is 10.5. The molecule has 0 unspecified atom stereocenters. The summed E-state index contributed by atoms with van der Waals surface area (Å²) in [6, 6.07) is 4.60. The average molecular weight is 325 g/mol. The Kier molecular flexibility index (Phi) is 5.90. The molecule has 1 N–H and O–H groups in total. The van der Waals surface area contributed by atoms with Crippen molar-refractivity contribution in [1.29, 1.82) is 0 Å². The predicted octanol–water partition coefficient (Wildman–Crippen LogP) is 2.00. The lowest BCUT2D eigenvalue weighted by Crippen LogP contribution is -2.50. The van der Waals surface area contributed by atoms with Crippen LogP contribution in [0.4, 0.5) is 5.82 Å². The summed E-state index contributed by atoms with van der Waals surface area (Å²) in [4.78, 5) is 16.5. The normalized spacial score (nSPS) is 19.8. The number of unbranched alkanes of at least 4 members (excludes halogenated alkanes) is 1. The monoisotopic (exact) mass is 325 g/mol. The maximum atomic E-state index is 12.4. The number of aromatic nitrogens is 1. The number of rotatable bonds is 6. The molecule has 22 heavy (non-hydrogen) atoms. The Hall–Kier alpha value is -1.47. The van der Waals surface area contributed by atoms with Crippen LogP contribution >= 0.6 is 0 Å². The Labute approximate surface area is 132 Å². The van der Waals surface area contributed by atoms with Gasteiger partial charge in [0.2, 0.25) is 15.9 Å². The smallest absolute Gasteiger partial charge is 0.243 e. The highest BCUT2D eigenvalue weighted by Crippen LogP contribution is 2.22. The molecule has 1 aromatic heterocycles. The van der Waals surface area contributed by atoms with Gasteiger partial charge in [0, 0.05) is 12.7 Å². The van der Waals surface area contributed by atoms with Crippen molar-refractivity contribution in [3.63, 3.8) is 0 Å². The second kappa shape index (κ2) is 7.69. The van der Waals surface area contributed by atoms with E-state index >= 15 is 0 Å². The second-order valence-corrected chi connectivity index (χ2v) is 7.54. The van der Waals surface area contributed by atoms with Gasteiger partial charge in [0.1, 0.15) is 11.9 Å². The number of amides is 1. The fourth-order valence-corrected chi connectivity index (χ4v) is 4.47. The second-order valence-electron chi connectivity index (χ2n) is 5.50. The molecule has 1 aliphatic rings. The minimum absolute atomic E-state index is 0.108. The van der Waals surface area contributed by atoms with Crippen molar-refractivity contribution in [3.8, 4) is 0 Å². The van der Waals surface area contributed by atoms with Gasteiger partial charge in [-0.3, -0.25) is 4.79 Å². The van der Waals surface area contributed by atoms with Gasteiger partial charge in [0.25, 0.3) is 0 Å². The van der Waals surface area contributed by atoms with Gasteiger partial charge in [-0.15, -0.1) is 0 Å². The summed E-state index contributed by atoms with van der Waals surface area (Å²) in [5.74, 6) is 0.263. The van der Waals surface area contributed by atoms with Crippen molar-refractivity contribution in [3.05, 3.63) is 24.4 Å². The number of carbonyl (C=O) groups is 1. The highest BCUT2D eigenvalue weighted by molar-refractivity contribution is 7.89. The first-order valence-electron chi connectivity index (χ1n) is 7.76. The maximum Gasteiger partial charge on any atom is 0.243 e. The van der Waals surface area contributed by atoms with Gasteiger partial charge in [-0.25, -0.2) is 13.4 Å². The van der Waals surface area contributed by atoms with Crippen LogP contribution in [-0.4, -0.2) is 42.0 Å². The summed E-state index contributed by atoms with van der Waals surface area (Å²) in [5, 5.41) is 2.71. The van der Waals surface area contributed by atoms with E-state index in [-0.39, 0.29) is 11.7 Å². The Morgan fingerprint density at radius 2 is 2.23 bits per heavy atom. The number of carbonyl (C=O) groups excluding carboxylic acids is 1. The Balaban J connectivity index is 2.10. The zero-order chi connectivity index (χ0) is 16.0. The molecule has 122 valence electrons. The highest BCUT2D eigenvalue weighted by Gasteiger charge is 2.36. The molecule has 7 heteroatoms. The van der Waals surface area contributed by atoms with E-state index in [4.69, 9.17) is 0 Å². The molecule has 2 heterocycles. The van der Waals surface area contributed by atoms with E-state index in [2.05, 4.69) is 10.3 Å². The molecule has 1 atom stereocenters. The molecule has 1 amide bonds. The molecule has 1 aliphatic heterocycles. The predicted molar refractivity (Wildman–Crippen MR) is 85.9 cm³/mol.